The van der Waals surface area contributed by atoms with Crippen LogP contribution in [0.1, 0.15) is 41.1 Å². The fourth-order valence-electron chi connectivity index (χ4n) is 3.92. The standard InChI is InChI=1S/C18H19N/c1-13-16-8-4-3-7-15(16)12-19-11-10-14-6-2-5-9-17(14)18(13)19/h2-9,13,18H,10-12H2,1H3/t13-,18-/m1/s1. The van der Waals surface area contributed by atoms with E-state index in [0.29, 0.717) is 12.0 Å². The highest BCUT2D eigenvalue weighted by atomic mass is 15.2. The molecule has 0 unspecified atom stereocenters. The molecule has 4 rings (SSSR count). The van der Waals surface area contributed by atoms with Gasteiger partial charge in [-0.05, 0) is 28.7 Å². The summed E-state index contributed by atoms with van der Waals surface area (Å²) in [5, 5.41) is 0. The van der Waals surface area contributed by atoms with Crippen LogP contribution >= 0.6 is 0 Å². The van der Waals surface area contributed by atoms with Gasteiger partial charge in [0, 0.05) is 25.0 Å². The van der Waals surface area contributed by atoms with Crippen LogP contribution in [0.5, 0.6) is 0 Å². The summed E-state index contributed by atoms with van der Waals surface area (Å²) in [7, 11) is 0. The van der Waals surface area contributed by atoms with E-state index in [1.54, 1.807) is 16.7 Å². The Morgan fingerprint density at radius 2 is 1.58 bits per heavy atom. The summed E-state index contributed by atoms with van der Waals surface area (Å²) in [4.78, 5) is 2.66. The van der Waals surface area contributed by atoms with Gasteiger partial charge in [0.15, 0.2) is 0 Å². The molecule has 2 aromatic rings. The number of fused-ring (bicyclic) bond motifs is 4. The van der Waals surface area contributed by atoms with E-state index in [4.69, 9.17) is 0 Å². The lowest BCUT2D eigenvalue weighted by atomic mass is 9.77. The summed E-state index contributed by atoms with van der Waals surface area (Å²) in [6.07, 6.45) is 1.20. The molecule has 0 saturated carbocycles. The lowest BCUT2D eigenvalue weighted by Crippen LogP contribution is -2.40. The Morgan fingerprint density at radius 3 is 2.42 bits per heavy atom. The summed E-state index contributed by atoms with van der Waals surface area (Å²) < 4.78 is 0. The molecule has 0 aliphatic carbocycles. The first-order valence-electron chi connectivity index (χ1n) is 7.24. The minimum Gasteiger partial charge on any atom is -0.291 e. The number of rotatable bonds is 0. The second-order valence-corrected chi connectivity index (χ2v) is 5.85. The average Bonchev–Trinajstić information content (AvgIpc) is 2.47. The van der Waals surface area contributed by atoms with Gasteiger partial charge in [0.25, 0.3) is 0 Å². The largest absolute Gasteiger partial charge is 0.291 e. The zero-order chi connectivity index (χ0) is 12.8. The molecular weight excluding hydrogens is 230 g/mol. The molecule has 0 fully saturated rings. The highest BCUT2D eigenvalue weighted by Gasteiger charge is 2.36. The summed E-state index contributed by atoms with van der Waals surface area (Å²) in [5.41, 5.74) is 6.16. The van der Waals surface area contributed by atoms with Crippen LogP contribution < -0.4 is 0 Å². The van der Waals surface area contributed by atoms with Crippen LogP contribution in [0.4, 0.5) is 0 Å². The molecule has 2 aliphatic rings. The maximum atomic E-state index is 2.66. The van der Waals surface area contributed by atoms with E-state index in [1.165, 1.54) is 18.5 Å². The molecule has 2 heterocycles. The van der Waals surface area contributed by atoms with Crippen molar-refractivity contribution in [2.24, 2.45) is 0 Å². The van der Waals surface area contributed by atoms with E-state index < -0.39 is 0 Å². The third-order valence-corrected chi connectivity index (χ3v) is 4.83. The molecule has 0 aromatic heterocycles. The first-order valence-corrected chi connectivity index (χ1v) is 7.24. The van der Waals surface area contributed by atoms with Crippen molar-refractivity contribution in [1.29, 1.82) is 0 Å². The van der Waals surface area contributed by atoms with E-state index in [-0.39, 0.29) is 0 Å². The Kier molecular flexibility index (Phi) is 2.49. The molecule has 0 bridgehead atoms. The lowest BCUT2D eigenvalue weighted by Gasteiger charge is -2.45. The molecule has 2 aliphatic heterocycles. The fourth-order valence-corrected chi connectivity index (χ4v) is 3.92. The molecule has 0 spiro atoms. The van der Waals surface area contributed by atoms with Crippen LogP contribution in [0, 0.1) is 0 Å². The molecule has 0 radical (unpaired) electrons. The van der Waals surface area contributed by atoms with Gasteiger partial charge in [-0.3, -0.25) is 4.90 Å². The first-order chi connectivity index (χ1) is 9.34. The van der Waals surface area contributed by atoms with E-state index in [2.05, 4.69) is 60.4 Å². The Bertz CT molecular complexity index is 617. The highest BCUT2D eigenvalue weighted by Crippen LogP contribution is 2.45. The van der Waals surface area contributed by atoms with Crippen molar-refractivity contribution < 1.29 is 0 Å². The van der Waals surface area contributed by atoms with Gasteiger partial charge in [0.1, 0.15) is 0 Å². The van der Waals surface area contributed by atoms with Crippen LogP contribution in [0.2, 0.25) is 0 Å². The van der Waals surface area contributed by atoms with Gasteiger partial charge < -0.3 is 0 Å². The zero-order valence-corrected chi connectivity index (χ0v) is 11.3. The van der Waals surface area contributed by atoms with E-state index in [0.717, 1.165) is 6.54 Å². The van der Waals surface area contributed by atoms with E-state index in [9.17, 15) is 0 Å². The SMILES string of the molecule is C[C@@H]1c2ccccc2CN2CCc3ccccc3[C@@H]12. The summed E-state index contributed by atoms with van der Waals surface area (Å²) in [6.45, 7) is 4.69. The molecule has 0 amide bonds. The van der Waals surface area contributed by atoms with Crippen molar-refractivity contribution in [3.8, 4) is 0 Å². The minimum absolute atomic E-state index is 0.569. The monoisotopic (exact) mass is 249 g/mol. The normalized spacial score (nSPS) is 25.3. The predicted octanol–water partition coefficient (Wildman–Crippen LogP) is 3.90. The Morgan fingerprint density at radius 1 is 0.895 bits per heavy atom. The Hall–Kier alpha value is -1.60. The van der Waals surface area contributed by atoms with Gasteiger partial charge in [0.05, 0.1) is 0 Å². The molecule has 1 heteroatoms. The average molecular weight is 249 g/mol. The Labute approximate surface area is 114 Å². The highest BCUT2D eigenvalue weighted by molar-refractivity contribution is 5.41. The van der Waals surface area contributed by atoms with E-state index >= 15 is 0 Å². The number of hydrogen-bond donors (Lipinski definition) is 0. The van der Waals surface area contributed by atoms with Crippen LogP contribution in [-0.4, -0.2) is 11.4 Å². The molecule has 0 N–H and O–H groups in total. The van der Waals surface area contributed by atoms with Gasteiger partial charge in [-0.25, -0.2) is 0 Å². The van der Waals surface area contributed by atoms with Gasteiger partial charge in [0.2, 0.25) is 0 Å². The third-order valence-electron chi connectivity index (χ3n) is 4.83. The lowest BCUT2D eigenvalue weighted by molar-refractivity contribution is 0.139. The quantitative estimate of drug-likeness (QED) is 0.684. The van der Waals surface area contributed by atoms with Gasteiger partial charge >= 0.3 is 0 Å². The van der Waals surface area contributed by atoms with Crippen molar-refractivity contribution >= 4 is 0 Å². The smallest absolute Gasteiger partial charge is 0.0420 e. The third kappa shape index (κ3) is 1.65. The van der Waals surface area contributed by atoms with Crippen molar-refractivity contribution in [3.05, 3.63) is 70.8 Å². The van der Waals surface area contributed by atoms with Crippen molar-refractivity contribution in [1.82, 2.24) is 4.90 Å². The molecular formula is C18H19N. The maximum Gasteiger partial charge on any atom is 0.0420 e. The Balaban J connectivity index is 1.85. The summed E-state index contributed by atoms with van der Waals surface area (Å²) in [6, 6.07) is 18.5. The van der Waals surface area contributed by atoms with Gasteiger partial charge in [-0.2, -0.15) is 0 Å². The van der Waals surface area contributed by atoms with Crippen LogP contribution in [0.3, 0.4) is 0 Å². The molecule has 1 nitrogen and oxygen atoms in total. The number of benzene rings is 2. The molecule has 2 aromatic carbocycles. The minimum atomic E-state index is 0.569. The van der Waals surface area contributed by atoms with Crippen molar-refractivity contribution in [2.75, 3.05) is 6.54 Å². The second kappa shape index (κ2) is 4.21. The first kappa shape index (κ1) is 11.2. The van der Waals surface area contributed by atoms with Crippen molar-refractivity contribution in [3.63, 3.8) is 0 Å². The van der Waals surface area contributed by atoms with Gasteiger partial charge in [-0.1, -0.05) is 55.5 Å². The van der Waals surface area contributed by atoms with Crippen LogP contribution in [0.25, 0.3) is 0 Å². The number of hydrogen-bond acceptors (Lipinski definition) is 1. The van der Waals surface area contributed by atoms with Crippen molar-refractivity contribution in [2.45, 2.75) is 31.8 Å². The molecule has 2 atom stereocenters. The second-order valence-electron chi connectivity index (χ2n) is 5.85. The fraction of sp³-hybridized carbons (Fsp3) is 0.333. The van der Waals surface area contributed by atoms with Gasteiger partial charge in [-0.15, -0.1) is 0 Å². The predicted molar refractivity (Wildman–Crippen MR) is 78.2 cm³/mol. The van der Waals surface area contributed by atoms with Crippen LogP contribution in [-0.2, 0) is 13.0 Å². The van der Waals surface area contributed by atoms with Crippen LogP contribution in [0.15, 0.2) is 48.5 Å². The summed E-state index contributed by atoms with van der Waals surface area (Å²) >= 11 is 0. The maximum absolute atomic E-state index is 2.66. The zero-order valence-electron chi connectivity index (χ0n) is 11.3. The van der Waals surface area contributed by atoms with E-state index in [1.807, 2.05) is 0 Å². The molecule has 0 saturated heterocycles. The molecule has 96 valence electrons. The molecule has 19 heavy (non-hydrogen) atoms. The number of nitrogens with zero attached hydrogens (tertiary/aromatic N) is 1. The topological polar surface area (TPSA) is 3.24 Å². The summed E-state index contributed by atoms with van der Waals surface area (Å²) in [5.74, 6) is 0.589.